The zero-order valence-corrected chi connectivity index (χ0v) is 25.6. The molecule has 11 heteroatoms. The number of hydrogen-bond donors (Lipinski definition) is 0. The third kappa shape index (κ3) is 5.48. The lowest BCUT2D eigenvalue weighted by Gasteiger charge is -2.23. The molecule has 9 nitrogen and oxygen atoms in total. The first kappa shape index (κ1) is 29.6. The number of halogens is 1. The van der Waals surface area contributed by atoms with Gasteiger partial charge in [0.1, 0.15) is 10.5 Å². The number of esters is 1. The summed E-state index contributed by atoms with van der Waals surface area (Å²) in [6.07, 6.45) is 0.870. The summed E-state index contributed by atoms with van der Waals surface area (Å²) >= 11 is 7.24. The van der Waals surface area contributed by atoms with Gasteiger partial charge in [0.15, 0.2) is 22.1 Å². The fraction of sp³-hybridized carbons (Fsp3) is 0.355. The van der Waals surface area contributed by atoms with Crippen LogP contribution in [0.5, 0.6) is 11.5 Å². The summed E-state index contributed by atoms with van der Waals surface area (Å²) in [6.45, 7) is 10.6. The van der Waals surface area contributed by atoms with Crippen LogP contribution in [-0.4, -0.2) is 36.7 Å². The third-order valence-corrected chi connectivity index (χ3v) is 8.19. The number of carbonyl (C=O) groups is 2. The van der Waals surface area contributed by atoms with Crippen molar-refractivity contribution in [2.24, 2.45) is 5.92 Å². The standard InChI is InChI=1S/C31H31ClN2O7S/c1-6-38-23-14-18(8-10-22(23)40-13-12-16(3)4)25-24-26(35)20-15-19(32)9-11-21(20)41-27(24)29(36)34(25)31-33-17(5)28(42-31)30(37)39-7-2/h8-11,14-16,25H,6-7,12-13H2,1-5H3. The second-order valence-electron chi connectivity index (χ2n) is 10.2. The van der Waals surface area contributed by atoms with E-state index in [4.69, 9.17) is 30.2 Å². The predicted octanol–water partition coefficient (Wildman–Crippen LogP) is 6.96. The first-order valence-corrected chi connectivity index (χ1v) is 15.0. The van der Waals surface area contributed by atoms with Gasteiger partial charge >= 0.3 is 5.97 Å². The van der Waals surface area contributed by atoms with Crippen LogP contribution in [0.2, 0.25) is 5.02 Å². The molecule has 5 rings (SSSR count). The van der Waals surface area contributed by atoms with E-state index < -0.39 is 17.9 Å². The van der Waals surface area contributed by atoms with Crippen molar-refractivity contribution in [2.75, 3.05) is 24.7 Å². The summed E-state index contributed by atoms with van der Waals surface area (Å²) in [6, 6.07) is 9.10. The average Bonchev–Trinajstić information content (AvgIpc) is 3.47. The minimum absolute atomic E-state index is 0.0967. The lowest BCUT2D eigenvalue weighted by molar-refractivity contribution is 0.0531. The van der Waals surface area contributed by atoms with Crippen molar-refractivity contribution in [2.45, 2.75) is 47.1 Å². The van der Waals surface area contributed by atoms with Crippen LogP contribution < -0.4 is 19.8 Å². The average molecular weight is 611 g/mol. The molecule has 3 heterocycles. The topological polar surface area (TPSA) is 108 Å². The first-order chi connectivity index (χ1) is 20.1. The van der Waals surface area contributed by atoms with E-state index in [1.54, 1.807) is 44.2 Å². The van der Waals surface area contributed by atoms with Crippen molar-refractivity contribution in [3.63, 3.8) is 0 Å². The molecule has 1 aliphatic rings. The molecular formula is C31H31ClN2O7S. The molecule has 0 saturated heterocycles. The second kappa shape index (κ2) is 12.1. The Balaban J connectivity index is 1.69. The zero-order chi connectivity index (χ0) is 30.1. The van der Waals surface area contributed by atoms with Crippen molar-refractivity contribution in [1.29, 1.82) is 0 Å². The summed E-state index contributed by atoms with van der Waals surface area (Å²) < 4.78 is 23.2. The normalized spacial score (nSPS) is 14.5. The van der Waals surface area contributed by atoms with Crippen LogP contribution in [0.25, 0.3) is 11.0 Å². The van der Waals surface area contributed by atoms with Crippen molar-refractivity contribution in [3.05, 3.63) is 79.1 Å². The Morgan fingerprint density at radius 1 is 1.10 bits per heavy atom. The third-order valence-electron chi connectivity index (χ3n) is 6.82. The van der Waals surface area contributed by atoms with Gasteiger partial charge in [-0.3, -0.25) is 14.5 Å². The van der Waals surface area contributed by atoms with Crippen molar-refractivity contribution in [3.8, 4) is 11.5 Å². The van der Waals surface area contributed by atoms with E-state index in [1.807, 2.05) is 6.92 Å². The number of aryl methyl sites for hydroxylation is 1. The largest absolute Gasteiger partial charge is 0.490 e. The van der Waals surface area contributed by atoms with Crippen LogP contribution in [0.4, 0.5) is 5.13 Å². The number of anilines is 1. The van der Waals surface area contributed by atoms with Gasteiger partial charge in [0.2, 0.25) is 5.76 Å². The van der Waals surface area contributed by atoms with Gasteiger partial charge < -0.3 is 18.6 Å². The van der Waals surface area contributed by atoms with Gasteiger partial charge in [0, 0.05) is 5.02 Å². The maximum absolute atomic E-state index is 14.0. The van der Waals surface area contributed by atoms with Gasteiger partial charge in [-0.15, -0.1) is 0 Å². The number of nitrogens with zero attached hydrogens (tertiary/aromatic N) is 2. The molecule has 1 aliphatic heterocycles. The number of benzene rings is 2. The number of rotatable bonds is 10. The zero-order valence-electron chi connectivity index (χ0n) is 24.0. The number of hydrogen-bond acceptors (Lipinski definition) is 9. The van der Waals surface area contributed by atoms with Crippen LogP contribution in [0.1, 0.15) is 77.2 Å². The first-order valence-electron chi connectivity index (χ1n) is 13.8. The van der Waals surface area contributed by atoms with Gasteiger partial charge in [-0.1, -0.05) is 42.9 Å². The smallest absolute Gasteiger partial charge is 0.350 e. The molecule has 0 N–H and O–H groups in total. The molecule has 220 valence electrons. The van der Waals surface area contributed by atoms with Gasteiger partial charge in [-0.2, -0.15) is 0 Å². The number of ether oxygens (including phenoxy) is 3. The van der Waals surface area contributed by atoms with E-state index in [-0.39, 0.29) is 44.3 Å². The predicted molar refractivity (Wildman–Crippen MR) is 162 cm³/mol. The molecule has 0 spiro atoms. The highest BCUT2D eigenvalue weighted by molar-refractivity contribution is 7.17. The van der Waals surface area contributed by atoms with E-state index in [2.05, 4.69) is 18.8 Å². The molecule has 1 atom stereocenters. The molecule has 1 unspecified atom stereocenters. The molecule has 2 aromatic heterocycles. The molecule has 42 heavy (non-hydrogen) atoms. The summed E-state index contributed by atoms with van der Waals surface area (Å²) in [7, 11) is 0. The van der Waals surface area contributed by atoms with E-state index in [1.165, 1.54) is 11.0 Å². The van der Waals surface area contributed by atoms with Crippen LogP contribution in [0.3, 0.4) is 0 Å². The summed E-state index contributed by atoms with van der Waals surface area (Å²) in [4.78, 5) is 46.8. The Kier molecular flexibility index (Phi) is 8.56. The van der Waals surface area contributed by atoms with Gasteiger partial charge in [0.25, 0.3) is 5.91 Å². The van der Waals surface area contributed by atoms with E-state index in [0.29, 0.717) is 46.9 Å². The maximum Gasteiger partial charge on any atom is 0.350 e. The monoisotopic (exact) mass is 610 g/mol. The van der Waals surface area contributed by atoms with Crippen molar-refractivity contribution >= 4 is 50.9 Å². The quantitative estimate of drug-likeness (QED) is 0.177. The molecule has 0 bridgehead atoms. The van der Waals surface area contributed by atoms with E-state index in [0.717, 1.165) is 17.8 Å². The molecule has 1 amide bonds. The summed E-state index contributed by atoms with van der Waals surface area (Å²) in [5.41, 5.74) is 1.00. The Morgan fingerprint density at radius 3 is 2.60 bits per heavy atom. The fourth-order valence-electron chi connectivity index (χ4n) is 4.82. The highest BCUT2D eigenvalue weighted by Crippen LogP contribution is 2.45. The SMILES string of the molecule is CCOC(=O)c1sc(N2C(=O)c3oc4ccc(Cl)cc4c(=O)c3C2c2ccc(OCCC(C)C)c(OCC)c2)nc1C. The molecule has 0 radical (unpaired) electrons. The van der Waals surface area contributed by atoms with Crippen LogP contribution in [0, 0.1) is 12.8 Å². The fourth-order valence-corrected chi connectivity index (χ4v) is 5.98. The Morgan fingerprint density at radius 2 is 1.88 bits per heavy atom. The highest BCUT2D eigenvalue weighted by Gasteiger charge is 2.45. The molecule has 2 aromatic carbocycles. The van der Waals surface area contributed by atoms with Crippen LogP contribution in [0.15, 0.2) is 45.6 Å². The Labute approximate surface area is 252 Å². The van der Waals surface area contributed by atoms with Crippen molar-refractivity contribution < 1.29 is 28.2 Å². The summed E-state index contributed by atoms with van der Waals surface area (Å²) in [5, 5.41) is 0.847. The Hall–Kier alpha value is -3.89. The lowest BCUT2D eigenvalue weighted by atomic mass is 9.98. The van der Waals surface area contributed by atoms with Gasteiger partial charge in [0.05, 0.1) is 42.5 Å². The second-order valence-corrected chi connectivity index (χ2v) is 11.6. The number of thiazole rings is 1. The molecule has 0 saturated carbocycles. The van der Waals surface area contributed by atoms with Crippen molar-refractivity contribution in [1.82, 2.24) is 4.98 Å². The molecular weight excluding hydrogens is 580 g/mol. The van der Waals surface area contributed by atoms with Gasteiger partial charge in [-0.25, -0.2) is 9.78 Å². The molecule has 0 aliphatic carbocycles. The van der Waals surface area contributed by atoms with Crippen LogP contribution in [-0.2, 0) is 4.74 Å². The number of carbonyl (C=O) groups excluding carboxylic acids is 2. The number of amides is 1. The van der Waals surface area contributed by atoms with E-state index >= 15 is 0 Å². The number of fused-ring (bicyclic) bond motifs is 2. The minimum atomic E-state index is -0.920. The van der Waals surface area contributed by atoms with Crippen LogP contribution >= 0.6 is 22.9 Å². The highest BCUT2D eigenvalue weighted by atomic mass is 35.5. The molecule has 4 aromatic rings. The Bertz CT molecular complexity index is 1730. The number of aromatic nitrogens is 1. The molecule has 0 fully saturated rings. The lowest BCUT2D eigenvalue weighted by Crippen LogP contribution is -2.29. The van der Waals surface area contributed by atoms with E-state index in [9.17, 15) is 14.4 Å². The summed E-state index contributed by atoms with van der Waals surface area (Å²) in [5.74, 6) is 0.331. The van der Waals surface area contributed by atoms with Gasteiger partial charge in [-0.05, 0) is 69.0 Å². The maximum atomic E-state index is 14.0. The minimum Gasteiger partial charge on any atom is -0.490 e.